The van der Waals surface area contributed by atoms with Crippen molar-refractivity contribution < 1.29 is 13.6 Å². The van der Waals surface area contributed by atoms with Crippen molar-refractivity contribution in [1.82, 2.24) is 4.98 Å². The van der Waals surface area contributed by atoms with Crippen LogP contribution in [0.5, 0.6) is 5.95 Å². The molecule has 1 aromatic carbocycles. The smallest absolute Gasteiger partial charge is 0.305 e. The summed E-state index contributed by atoms with van der Waals surface area (Å²) in [5.74, 6) is 1.07. The summed E-state index contributed by atoms with van der Waals surface area (Å²) in [6.07, 6.45) is 3.28. The lowest BCUT2D eigenvalue weighted by atomic mass is 10.1. The fourth-order valence-corrected chi connectivity index (χ4v) is 3.30. The summed E-state index contributed by atoms with van der Waals surface area (Å²) in [5, 5.41) is 0. The first kappa shape index (κ1) is 16.8. The zero-order chi connectivity index (χ0) is 16.0. The van der Waals surface area contributed by atoms with Crippen molar-refractivity contribution in [2.75, 3.05) is 6.61 Å². The van der Waals surface area contributed by atoms with E-state index < -0.39 is 8.32 Å². The Morgan fingerprint density at radius 3 is 2.55 bits per heavy atom. The number of hydrogen-bond acceptors (Lipinski definition) is 4. The lowest BCUT2D eigenvalue weighted by Crippen LogP contribution is -2.28. The van der Waals surface area contributed by atoms with Crippen LogP contribution in [-0.2, 0) is 10.8 Å². The van der Waals surface area contributed by atoms with Gasteiger partial charge in [-0.25, -0.2) is 4.98 Å². The second kappa shape index (κ2) is 7.60. The molecule has 0 saturated heterocycles. The number of ether oxygens (including phenoxy) is 1. The van der Waals surface area contributed by atoms with E-state index >= 15 is 0 Å². The first-order chi connectivity index (χ1) is 10.5. The van der Waals surface area contributed by atoms with Gasteiger partial charge in [0.25, 0.3) is 0 Å². The summed E-state index contributed by atoms with van der Waals surface area (Å²) in [4.78, 5) is 4.34. The lowest BCUT2D eigenvalue weighted by Gasteiger charge is -2.24. The predicted octanol–water partition coefficient (Wildman–Crippen LogP) is 4.60. The van der Waals surface area contributed by atoms with Gasteiger partial charge in [-0.05, 0) is 45.0 Å². The van der Waals surface area contributed by atoms with Gasteiger partial charge in [-0.15, -0.1) is 0 Å². The average molecular weight is 319 g/mol. The molecule has 0 aliphatic rings. The molecule has 5 heteroatoms. The maximum Gasteiger partial charge on any atom is 0.305 e. The molecule has 0 radical (unpaired) electrons. The molecule has 1 unspecified atom stereocenters. The summed E-state index contributed by atoms with van der Waals surface area (Å²) in [5.41, 5.74) is 1.29. The van der Waals surface area contributed by atoms with E-state index in [2.05, 4.69) is 48.9 Å². The van der Waals surface area contributed by atoms with Crippen molar-refractivity contribution in [1.29, 1.82) is 0 Å². The van der Waals surface area contributed by atoms with Gasteiger partial charge >= 0.3 is 5.95 Å². The Balaban J connectivity index is 2.08. The van der Waals surface area contributed by atoms with Gasteiger partial charge in [-0.2, -0.15) is 0 Å². The minimum atomic E-state index is -1.69. The van der Waals surface area contributed by atoms with Crippen LogP contribution in [0.2, 0.25) is 19.6 Å². The van der Waals surface area contributed by atoms with Gasteiger partial charge in [0.2, 0.25) is 5.89 Å². The molecule has 2 aromatic rings. The Hall–Kier alpha value is -1.59. The van der Waals surface area contributed by atoms with Gasteiger partial charge in [0, 0.05) is 0 Å². The quantitative estimate of drug-likeness (QED) is 0.667. The highest BCUT2D eigenvalue weighted by molar-refractivity contribution is 6.69. The minimum absolute atomic E-state index is 0.124. The zero-order valence-electron chi connectivity index (χ0n) is 13.8. The van der Waals surface area contributed by atoms with Crippen LogP contribution >= 0.6 is 0 Å². The highest BCUT2D eigenvalue weighted by Gasteiger charge is 2.26. The standard InChI is InChI=1S/C17H25NO3Si/c1-5-19-16-13-18-17(20-16)15(21-22(2,3)4)12-11-14-9-7-6-8-10-14/h6-10,13,15H,5,11-12H2,1-4H3. The fourth-order valence-electron chi connectivity index (χ4n) is 2.23. The molecular formula is C17H25NO3Si. The van der Waals surface area contributed by atoms with Gasteiger partial charge < -0.3 is 13.6 Å². The summed E-state index contributed by atoms with van der Waals surface area (Å²) in [7, 11) is -1.69. The van der Waals surface area contributed by atoms with E-state index in [4.69, 9.17) is 13.6 Å². The Kier molecular flexibility index (Phi) is 5.80. The van der Waals surface area contributed by atoms with Gasteiger partial charge in [0.05, 0.1) is 6.61 Å². The van der Waals surface area contributed by atoms with E-state index in [-0.39, 0.29) is 6.10 Å². The highest BCUT2D eigenvalue weighted by atomic mass is 28.4. The second-order valence-corrected chi connectivity index (χ2v) is 10.7. The molecule has 22 heavy (non-hydrogen) atoms. The van der Waals surface area contributed by atoms with Crippen LogP contribution in [0.3, 0.4) is 0 Å². The summed E-state index contributed by atoms with van der Waals surface area (Å²) in [6.45, 7) is 9.02. The zero-order valence-corrected chi connectivity index (χ0v) is 14.8. The van der Waals surface area contributed by atoms with E-state index in [1.54, 1.807) is 6.20 Å². The largest absolute Gasteiger partial charge is 0.464 e. The third-order valence-electron chi connectivity index (χ3n) is 3.10. The maximum absolute atomic E-state index is 6.26. The van der Waals surface area contributed by atoms with Crippen molar-refractivity contribution in [2.24, 2.45) is 0 Å². The van der Waals surface area contributed by atoms with Gasteiger partial charge in [-0.3, -0.25) is 0 Å². The second-order valence-electron chi connectivity index (χ2n) is 6.19. The van der Waals surface area contributed by atoms with E-state index in [0.29, 0.717) is 18.4 Å². The van der Waals surface area contributed by atoms with E-state index in [1.807, 2.05) is 13.0 Å². The van der Waals surface area contributed by atoms with Crippen LogP contribution in [0.15, 0.2) is 40.9 Å². The third kappa shape index (κ3) is 5.31. The molecule has 0 saturated carbocycles. The Labute approximate surface area is 133 Å². The molecule has 0 aliphatic heterocycles. The molecule has 4 nitrogen and oxygen atoms in total. The van der Waals surface area contributed by atoms with Crippen LogP contribution in [0, 0.1) is 0 Å². The van der Waals surface area contributed by atoms with Gasteiger partial charge in [0.1, 0.15) is 12.3 Å². The topological polar surface area (TPSA) is 44.5 Å². The third-order valence-corrected chi connectivity index (χ3v) is 4.09. The van der Waals surface area contributed by atoms with Crippen molar-refractivity contribution >= 4 is 8.32 Å². The average Bonchev–Trinajstić information content (AvgIpc) is 2.92. The Morgan fingerprint density at radius 1 is 1.18 bits per heavy atom. The Bertz CT molecular complexity index is 563. The van der Waals surface area contributed by atoms with E-state index in [1.165, 1.54) is 5.56 Å². The molecule has 1 aromatic heterocycles. The normalized spacial score (nSPS) is 13.1. The number of rotatable bonds is 8. The van der Waals surface area contributed by atoms with Crippen LogP contribution < -0.4 is 4.74 Å². The number of aryl methyl sites for hydroxylation is 1. The van der Waals surface area contributed by atoms with Gasteiger partial charge in [-0.1, -0.05) is 30.3 Å². The number of hydrogen-bond donors (Lipinski definition) is 0. The monoisotopic (exact) mass is 319 g/mol. The minimum Gasteiger partial charge on any atom is -0.464 e. The first-order valence-corrected chi connectivity index (χ1v) is 11.2. The molecule has 0 fully saturated rings. The molecule has 0 amide bonds. The first-order valence-electron chi connectivity index (χ1n) is 7.78. The molecule has 0 bridgehead atoms. The van der Waals surface area contributed by atoms with Gasteiger partial charge in [0.15, 0.2) is 8.32 Å². The number of aromatic nitrogens is 1. The fraction of sp³-hybridized carbons (Fsp3) is 0.471. The molecule has 0 N–H and O–H groups in total. The summed E-state index contributed by atoms with van der Waals surface area (Å²) in [6, 6.07) is 10.4. The molecule has 0 spiro atoms. The number of nitrogens with zero attached hydrogens (tertiary/aromatic N) is 1. The summed E-state index contributed by atoms with van der Waals surface area (Å²) >= 11 is 0. The SMILES string of the molecule is CCOc1cnc(C(CCc2ccccc2)O[Si](C)(C)C)o1. The molecule has 2 rings (SSSR count). The molecule has 0 aliphatic carbocycles. The van der Waals surface area contributed by atoms with Crippen LogP contribution in [0.1, 0.15) is 30.9 Å². The van der Waals surface area contributed by atoms with Crippen LogP contribution in [0.4, 0.5) is 0 Å². The number of oxazole rings is 1. The molecule has 120 valence electrons. The van der Waals surface area contributed by atoms with Crippen molar-refractivity contribution in [3.63, 3.8) is 0 Å². The number of benzene rings is 1. The predicted molar refractivity (Wildman–Crippen MR) is 89.6 cm³/mol. The van der Waals surface area contributed by atoms with Crippen molar-refractivity contribution in [3.05, 3.63) is 48.0 Å². The molecule has 1 heterocycles. The van der Waals surface area contributed by atoms with Crippen LogP contribution in [0.25, 0.3) is 0 Å². The Morgan fingerprint density at radius 2 is 1.91 bits per heavy atom. The van der Waals surface area contributed by atoms with Crippen LogP contribution in [-0.4, -0.2) is 19.9 Å². The molecule has 1 atom stereocenters. The highest BCUT2D eigenvalue weighted by Crippen LogP contribution is 2.28. The molecular weight excluding hydrogens is 294 g/mol. The van der Waals surface area contributed by atoms with Crippen molar-refractivity contribution in [3.8, 4) is 5.95 Å². The van der Waals surface area contributed by atoms with Crippen molar-refractivity contribution in [2.45, 2.75) is 45.5 Å². The summed E-state index contributed by atoms with van der Waals surface area (Å²) < 4.78 is 17.3. The van der Waals surface area contributed by atoms with E-state index in [9.17, 15) is 0 Å². The van der Waals surface area contributed by atoms with E-state index in [0.717, 1.165) is 12.8 Å². The lowest BCUT2D eigenvalue weighted by molar-refractivity contribution is 0.141. The maximum atomic E-state index is 6.26.